The van der Waals surface area contributed by atoms with Crippen LogP contribution in [0.4, 0.5) is 5.69 Å². The maximum atomic E-state index is 8.63. The van der Waals surface area contributed by atoms with Crippen molar-refractivity contribution >= 4 is 12.4 Å². The Morgan fingerprint density at radius 2 is 1.27 bits per heavy atom. The molecule has 3 heteroatoms. The summed E-state index contributed by atoms with van der Waals surface area (Å²) in [4.78, 5) is 3.91. The third-order valence-electron chi connectivity index (χ3n) is 3.23. The molecule has 1 N–H and O–H groups in total. The van der Waals surface area contributed by atoms with Gasteiger partial charge in [-0.2, -0.15) is 6.72 Å². The van der Waals surface area contributed by atoms with Gasteiger partial charge in [-0.1, -0.05) is 69.8 Å². The van der Waals surface area contributed by atoms with Gasteiger partial charge in [0.05, 0.1) is 0 Å². The van der Waals surface area contributed by atoms with Crippen LogP contribution in [0.15, 0.2) is 53.5 Å². The predicted octanol–water partition coefficient (Wildman–Crippen LogP) is 5.53. The van der Waals surface area contributed by atoms with E-state index in [2.05, 4.69) is 50.9 Å². The smallest absolute Gasteiger partial charge is 0.508 e. The molecule has 2 rings (SSSR count). The number of phenols is 1. The van der Waals surface area contributed by atoms with E-state index >= 15 is 0 Å². The van der Waals surface area contributed by atoms with Gasteiger partial charge in [-0.05, 0) is 24.0 Å². The van der Waals surface area contributed by atoms with E-state index < -0.39 is 0 Å². The van der Waals surface area contributed by atoms with E-state index in [1.54, 1.807) is 24.3 Å². The van der Waals surface area contributed by atoms with Gasteiger partial charge in [-0.3, -0.25) is 0 Å². The zero-order chi connectivity index (χ0) is 15.8. The molecule has 0 fully saturated rings. The molecular formula is C19H24NORu. The Hall–Kier alpha value is -1.47. The minimum atomic E-state index is 0. The fraction of sp³-hybridized carbons (Fsp3) is 0.316. The Kier molecular flexibility index (Phi) is 9.61. The number of para-hydroxylation sites is 2. The molecule has 22 heavy (non-hydrogen) atoms. The summed E-state index contributed by atoms with van der Waals surface area (Å²) in [6.07, 6.45) is 0. The summed E-state index contributed by atoms with van der Waals surface area (Å²) >= 11 is 0. The second kappa shape index (κ2) is 10.3. The molecule has 0 heterocycles. The Morgan fingerprint density at radius 3 is 1.55 bits per heavy atom. The molecule has 0 saturated heterocycles. The first kappa shape index (κ1) is 20.5. The molecule has 119 valence electrons. The first-order chi connectivity index (χ1) is 9.97. The number of rotatable bonds is 3. The second-order valence-corrected chi connectivity index (χ2v) is 5.56. The van der Waals surface area contributed by atoms with Crippen LogP contribution < -0.4 is 0 Å². The molecule has 0 aliphatic carbocycles. The Morgan fingerprint density at radius 1 is 0.818 bits per heavy atom. The van der Waals surface area contributed by atoms with Gasteiger partial charge >= 0.3 is 19.5 Å². The maximum absolute atomic E-state index is 8.63. The molecule has 0 bridgehead atoms. The van der Waals surface area contributed by atoms with Gasteiger partial charge in [0.25, 0.3) is 0 Å². The summed E-state index contributed by atoms with van der Waals surface area (Å²) in [6, 6.07) is 15.0. The first-order valence-corrected chi connectivity index (χ1v) is 7.25. The molecular weight excluding hydrogens is 359 g/mol. The van der Waals surface area contributed by atoms with Crippen molar-refractivity contribution in [2.45, 2.75) is 39.5 Å². The number of aromatic hydroxyl groups is 1. The summed E-state index contributed by atoms with van der Waals surface area (Å²) in [6.45, 7) is 14.1. The van der Waals surface area contributed by atoms with Crippen molar-refractivity contribution in [1.29, 1.82) is 0 Å². The third kappa shape index (κ3) is 6.11. The molecule has 2 aromatic rings. The Labute approximate surface area is 147 Å². The summed E-state index contributed by atoms with van der Waals surface area (Å²) in [7, 11) is 0. The molecule has 2 nitrogen and oxygen atoms in total. The number of hydrogen-bond acceptors (Lipinski definition) is 2. The monoisotopic (exact) mass is 384 g/mol. The van der Waals surface area contributed by atoms with E-state index in [0.29, 0.717) is 17.6 Å². The normalized spacial score (nSPS) is 9.73. The van der Waals surface area contributed by atoms with Crippen molar-refractivity contribution in [3.8, 4) is 5.75 Å². The molecule has 1 radical (unpaired) electrons. The van der Waals surface area contributed by atoms with Crippen LogP contribution in [0.3, 0.4) is 0 Å². The van der Waals surface area contributed by atoms with Crippen molar-refractivity contribution in [2.24, 2.45) is 4.99 Å². The van der Waals surface area contributed by atoms with Crippen molar-refractivity contribution in [3.05, 3.63) is 59.7 Å². The van der Waals surface area contributed by atoms with Gasteiger partial charge in [-0.15, -0.1) is 11.1 Å². The van der Waals surface area contributed by atoms with Crippen LogP contribution in [-0.2, 0) is 19.5 Å². The number of aliphatic imine (C=N–C) groups is 1. The van der Waals surface area contributed by atoms with E-state index in [-0.39, 0.29) is 19.5 Å². The molecule has 2 aromatic carbocycles. The fourth-order valence-electron chi connectivity index (χ4n) is 2.09. The summed E-state index contributed by atoms with van der Waals surface area (Å²) < 4.78 is 0. The summed E-state index contributed by atoms with van der Waals surface area (Å²) in [5.74, 6) is 1.26. The zero-order valence-corrected chi connectivity index (χ0v) is 15.3. The summed E-state index contributed by atoms with van der Waals surface area (Å²) in [5.41, 5.74) is 3.44. The average Bonchev–Trinajstić information content (AvgIpc) is 2.47. The largest absolute Gasteiger partial charge is 1.00 e. The van der Waals surface area contributed by atoms with Gasteiger partial charge in [0.1, 0.15) is 5.75 Å². The molecule has 0 aromatic heterocycles. The van der Waals surface area contributed by atoms with Crippen LogP contribution >= 0.6 is 0 Å². The minimum Gasteiger partial charge on any atom is -0.508 e. The summed E-state index contributed by atoms with van der Waals surface area (Å²) in [5, 5.41) is 8.63. The van der Waals surface area contributed by atoms with Crippen LogP contribution in [0.2, 0.25) is 0 Å². The second-order valence-electron chi connectivity index (χ2n) is 5.56. The number of phenolic OH excluding ortho intramolecular Hbond substituents is 1. The molecule has 0 spiro atoms. The van der Waals surface area contributed by atoms with Crippen LogP contribution in [0.5, 0.6) is 5.75 Å². The molecule has 0 unspecified atom stereocenters. The third-order valence-corrected chi connectivity index (χ3v) is 3.23. The van der Waals surface area contributed by atoms with Gasteiger partial charge in [0, 0.05) is 0 Å². The first-order valence-electron chi connectivity index (χ1n) is 7.25. The van der Waals surface area contributed by atoms with Gasteiger partial charge in [0.2, 0.25) is 0 Å². The van der Waals surface area contributed by atoms with Gasteiger partial charge < -0.3 is 10.1 Å². The van der Waals surface area contributed by atoms with E-state index in [0.717, 1.165) is 5.69 Å². The van der Waals surface area contributed by atoms with E-state index in [4.69, 9.17) is 11.8 Å². The fourth-order valence-corrected chi connectivity index (χ4v) is 2.09. The van der Waals surface area contributed by atoms with E-state index in [9.17, 15) is 0 Å². The quantitative estimate of drug-likeness (QED) is 0.422. The Bertz CT molecular complexity index is 539. The van der Waals surface area contributed by atoms with Crippen LogP contribution in [0, 0.1) is 0 Å². The predicted molar refractivity (Wildman–Crippen MR) is 90.9 cm³/mol. The SMILES string of the molecule is Oc1ccccc1.[CH-]=Nc1c(C(C)C)cccc1C(C)C.[Ru+]. The standard InChI is InChI=1S/C13H18N.C6H6O.Ru/c1-9(2)11-7-6-8-12(10(3)4)13(11)14-5;7-6-4-2-1-3-5-6;/h5-10H,1-4H3;1-5,7H;/q-1;;+1. The van der Waals surface area contributed by atoms with Crippen LogP contribution in [0.25, 0.3) is 0 Å². The van der Waals surface area contributed by atoms with Gasteiger partial charge in [0.15, 0.2) is 0 Å². The number of nitrogens with zero attached hydrogens (tertiary/aromatic N) is 1. The van der Waals surface area contributed by atoms with Crippen LogP contribution in [0.1, 0.15) is 50.7 Å². The van der Waals surface area contributed by atoms with E-state index in [1.165, 1.54) is 11.1 Å². The number of hydrogen-bond donors (Lipinski definition) is 1. The zero-order valence-electron chi connectivity index (χ0n) is 13.6. The molecule has 0 atom stereocenters. The van der Waals surface area contributed by atoms with Crippen molar-refractivity contribution in [1.82, 2.24) is 0 Å². The van der Waals surface area contributed by atoms with E-state index in [1.807, 2.05) is 6.07 Å². The Balaban J connectivity index is 0.000000465. The topological polar surface area (TPSA) is 32.6 Å². The molecule has 0 aliphatic heterocycles. The van der Waals surface area contributed by atoms with Crippen molar-refractivity contribution in [3.63, 3.8) is 0 Å². The maximum Gasteiger partial charge on any atom is 1.00 e. The van der Waals surface area contributed by atoms with Crippen molar-refractivity contribution < 1.29 is 24.6 Å². The molecule has 0 aliphatic rings. The van der Waals surface area contributed by atoms with Crippen molar-refractivity contribution in [2.75, 3.05) is 0 Å². The number of benzene rings is 2. The molecule has 0 saturated carbocycles. The molecule has 0 amide bonds. The average molecular weight is 383 g/mol. The minimum absolute atomic E-state index is 0. The van der Waals surface area contributed by atoms with Gasteiger partial charge in [-0.25, -0.2) is 0 Å². The van der Waals surface area contributed by atoms with Crippen LogP contribution in [-0.4, -0.2) is 11.8 Å².